The van der Waals surface area contributed by atoms with Crippen LogP contribution in [0.25, 0.3) is 11.7 Å². The van der Waals surface area contributed by atoms with Crippen molar-refractivity contribution in [1.82, 2.24) is 10.1 Å². The number of carboxylic acid groups (broad SMARTS) is 1. The zero-order valence-electron chi connectivity index (χ0n) is 8.54. The number of carboxylic acids is 1. The van der Waals surface area contributed by atoms with Crippen LogP contribution in [0.3, 0.4) is 0 Å². The topological polar surface area (TPSA) is 135 Å². The Labute approximate surface area is 94.0 Å². The number of rotatable bonds is 4. The highest BCUT2D eigenvalue weighted by atomic mass is 16.5. The van der Waals surface area contributed by atoms with E-state index >= 15 is 0 Å². The molecule has 8 nitrogen and oxygen atoms in total. The summed E-state index contributed by atoms with van der Waals surface area (Å²) in [5, 5.41) is 10.8. The molecule has 0 fully saturated rings. The van der Waals surface area contributed by atoms with Crippen LogP contribution < -0.4 is 11.3 Å². The van der Waals surface area contributed by atoms with Crippen molar-refractivity contribution in [3.05, 3.63) is 28.4 Å². The number of H-pyrrole nitrogens is 1. The average Bonchev–Trinajstić information content (AvgIpc) is 2.89. The van der Waals surface area contributed by atoms with Gasteiger partial charge in [-0.2, -0.15) is 5.16 Å². The molecule has 2 rings (SSSR count). The third-order valence-corrected chi connectivity index (χ3v) is 2.16. The van der Waals surface area contributed by atoms with Crippen molar-refractivity contribution in [1.29, 1.82) is 0 Å². The lowest BCUT2D eigenvalue weighted by Crippen LogP contribution is -2.33. The Morgan fingerprint density at radius 1 is 1.65 bits per heavy atom. The number of aromatic amines is 1. The summed E-state index contributed by atoms with van der Waals surface area (Å²) in [6.45, 7) is 0. The zero-order chi connectivity index (χ0) is 12.4. The molecule has 0 saturated carbocycles. The van der Waals surface area contributed by atoms with E-state index in [4.69, 9.17) is 19.8 Å². The Kier molecular flexibility index (Phi) is 2.79. The summed E-state index contributed by atoms with van der Waals surface area (Å²) < 4.78 is 9.84. The van der Waals surface area contributed by atoms with Gasteiger partial charge >= 0.3 is 5.97 Å². The minimum Gasteiger partial charge on any atom is -0.480 e. The van der Waals surface area contributed by atoms with Gasteiger partial charge in [-0.15, -0.1) is 0 Å². The standard InChI is InChI=1S/C9H9N3O5/c10-5(9(14)15)3-4-6(17-12-7(4)13)8-11-1-2-16-8/h1-2,5H,3,10H2,(H,12,13)(H,14,15)/t5-/m0/s1. The van der Waals surface area contributed by atoms with Crippen molar-refractivity contribution in [2.45, 2.75) is 12.5 Å². The number of nitrogens with two attached hydrogens (primary N) is 1. The monoisotopic (exact) mass is 239 g/mol. The summed E-state index contributed by atoms with van der Waals surface area (Å²) in [6, 6.07) is -1.19. The van der Waals surface area contributed by atoms with E-state index in [1.54, 1.807) is 0 Å². The second kappa shape index (κ2) is 4.26. The quantitative estimate of drug-likeness (QED) is 0.658. The van der Waals surface area contributed by atoms with Crippen molar-refractivity contribution in [3.63, 3.8) is 0 Å². The lowest BCUT2D eigenvalue weighted by Gasteiger charge is -2.03. The molecule has 8 heteroatoms. The van der Waals surface area contributed by atoms with Gasteiger partial charge in [-0.3, -0.25) is 9.59 Å². The van der Waals surface area contributed by atoms with E-state index in [2.05, 4.69) is 10.1 Å². The number of oxazole rings is 1. The van der Waals surface area contributed by atoms with Gasteiger partial charge in [0, 0.05) is 6.42 Å². The maximum atomic E-state index is 11.4. The second-order valence-corrected chi connectivity index (χ2v) is 3.33. The Morgan fingerprint density at radius 3 is 3.00 bits per heavy atom. The van der Waals surface area contributed by atoms with Gasteiger partial charge < -0.3 is 19.8 Å². The summed E-state index contributed by atoms with van der Waals surface area (Å²) in [6.07, 6.45) is 2.52. The van der Waals surface area contributed by atoms with E-state index in [0.29, 0.717) is 0 Å². The maximum absolute atomic E-state index is 11.4. The maximum Gasteiger partial charge on any atom is 0.320 e. The highest BCUT2D eigenvalue weighted by Gasteiger charge is 2.23. The summed E-state index contributed by atoms with van der Waals surface area (Å²) in [4.78, 5) is 25.9. The van der Waals surface area contributed by atoms with E-state index in [1.807, 2.05) is 0 Å². The molecule has 0 aliphatic heterocycles. The van der Waals surface area contributed by atoms with E-state index < -0.39 is 17.6 Å². The number of nitrogens with zero attached hydrogens (tertiary/aromatic N) is 1. The first-order valence-corrected chi connectivity index (χ1v) is 4.68. The van der Waals surface area contributed by atoms with Gasteiger partial charge in [0.1, 0.15) is 12.3 Å². The van der Waals surface area contributed by atoms with E-state index in [9.17, 15) is 9.59 Å². The molecular formula is C9H9N3O5. The van der Waals surface area contributed by atoms with E-state index in [0.717, 1.165) is 0 Å². The molecule has 2 aromatic heterocycles. The number of hydrogen-bond acceptors (Lipinski definition) is 6. The Bertz CT molecular complexity index is 568. The molecule has 2 aromatic rings. The first-order valence-electron chi connectivity index (χ1n) is 4.68. The van der Waals surface area contributed by atoms with E-state index in [1.165, 1.54) is 12.5 Å². The summed E-state index contributed by atoms with van der Waals surface area (Å²) >= 11 is 0. The molecule has 0 radical (unpaired) electrons. The molecule has 4 N–H and O–H groups in total. The van der Waals surface area contributed by atoms with Crippen molar-refractivity contribution >= 4 is 5.97 Å². The van der Waals surface area contributed by atoms with Gasteiger partial charge in [-0.25, -0.2) is 4.98 Å². The molecule has 0 aliphatic carbocycles. The van der Waals surface area contributed by atoms with Crippen LogP contribution in [-0.4, -0.2) is 27.3 Å². The number of nitrogens with one attached hydrogen (secondary N) is 1. The first kappa shape index (κ1) is 11.1. The molecule has 0 aromatic carbocycles. The molecule has 0 spiro atoms. The number of hydrogen-bond donors (Lipinski definition) is 3. The predicted octanol–water partition coefficient (Wildman–Crippen LogP) is -0.423. The zero-order valence-corrected chi connectivity index (χ0v) is 8.54. The van der Waals surface area contributed by atoms with Crippen LogP contribution in [0.2, 0.25) is 0 Å². The minimum absolute atomic E-state index is 0.0664. The third-order valence-electron chi connectivity index (χ3n) is 2.16. The lowest BCUT2D eigenvalue weighted by atomic mass is 10.1. The third kappa shape index (κ3) is 2.11. The van der Waals surface area contributed by atoms with Gasteiger partial charge in [0.05, 0.1) is 11.8 Å². The minimum atomic E-state index is -1.20. The molecule has 90 valence electrons. The van der Waals surface area contributed by atoms with Crippen LogP contribution >= 0.6 is 0 Å². The normalized spacial score (nSPS) is 12.5. The highest BCUT2D eigenvalue weighted by Crippen LogP contribution is 2.19. The average molecular weight is 239 g/mol. The fourth-order valence-electron chi connectivity index (χ4n) is 1.32. The fourth-order valence-corrected chi connectivity index (χ4v) is 1.32. The summed E-state index contributed by atoms with van der Waals surface area (Å²) in [7, 11) is 0. The van der Waals surface area contributed by atoms with Crippen LogP contribution in [0.1, 0.15) is 5.56 Å². The van der Waals surface area contributed by atoms with Crippen LogP contribution in [-0.2, 0) is 11.2 Å². The first-order chi connectivity index (χ1) is 8.09. The van der Waals surface area contributed by atoms with Crippen LogP contribution in [0, 0.1) is 0 Å². The SMILES string of the molecule is N[C@@H](Cc1c(-c2ncco2)o[nH]c1=O)C(=O)O. The Morgan fingerprint density at radius 2 is 2.41 bits per heavy atom. The molecular weight excluding hydrogens is 230 g/mol. The largest absolute Gasteiger partial charge is 0.480 e. The van der Waals surface area contributed by atoms with Crippen molar-refractivity contribution < 1.29 is 18.8 Å². The van der Waals surface area contributed by atoms with Gasteiger partial charge in [-0.05, 0) is 0 Å². The Balaban J connectivity index is 2.37. The summed E-state index contributed by atoms with van der Waals surface area (Å²) in [5.74, 6) is -1.04. The van der Waals surface area contributed by atoms with Crippen molar-refractivity contribution in [2.24, 2.45) is 5.73 Å². The highest BCUT2D eigenvalue weighted by molar-refractivity contribution is 5.74. The number of aliphatic carboxylic acids is 1. The van der Waals surface area contributed by atoms with Crippen molar-refractivity contribution in [2.75, 3.05) is 0 Å². The summed E-state index contributed by atoms with van der Waals surface area (Å²) in [5.41, 5.74) is 4.91. The second-order valence-electron chi connectivity index (χ2n) is 3.33. The van der Waals surface area contributed by atoms with Gasteiger partial charge in [0.15, 0.2) is 0 Å². The molecule has 0 amide bonds. The molecule has 17 heavy (non-hydrogen) atoms. The molecule has 0 bridgehead atoms. The molecule has 0 unspecified atom stereocenters. The molecule has 1 atom stereocenters. The van der Waals surface area contributed by atoms with Gasteiger partial charge in [-0.1, -0.05) is 0 Å². The molecule has 0 aliphatic rings. The van der Waals surface area contributed by atoms with Crippen molar-refractivity contribution in [3.8, 4) is 11.7 Å². The smallest absolute Gasteiger partial charge is 0.320 e. The van der Waals surface area contributed by atoms with Crippen LogP contribution in [0.15, 0.2) is 26.2 Å². The van der Waals surface area contributed by atoms with Gasteiger partial charge in [0.2, 0.25) is 5.76 Å². The predicted molar refractivity (Wildman–Crippen MR) is 54.1 cm³/mol. The van der Waals surface area contributed by atoms with Crippen LogP contribution in [0.4, 0.5) is 0 Å². The van der Waals surface area contributed by atoms with Crippen LogP contribution in [0.5, 0.6) is 0 Å². The molecule has 2 heterocycles. The Hall–Kier alpha value is -2.35. The lowest BCUT2D eigenvalue weighted by molar-refractivity contribution is -0.138. The fraction of sp³-hybridized carbons (Fsp3) is 0.222. The van der Waals surface area contributed by atoms with Gasteiger partial charge in [0.25, 0.3) is 11.4 Å². The number of aromatic nitrogens is 2. The number of carbonyl (C=O) groups is 1. The molecule has 0 saturated heterocycles. The van der Waals surface area contributed by atoms with E-state index in [-0.39, 0.29) is 23.6 Å².